The molecule has 2 N–H and O–H groups in total. The molecule has 0 spiro atoms. The van der Waals surface area contributed by atoms with Crippen LogP contribution in [0.3, 0.4) is 0 Å². The van der Waals surface area contributed by atoms with Gasteiger partial charge < -0.3 is 10.6 Å². The zero-order valence-corrected chi connectivity index (χ0v) is 13.2. The zero-order chi connectivity index (χ0) is 16.8. The number of carbonyl (C=O) groups is 1. The van der Waals surface area contributed by atoms with E-state index in [4.69, 9.17) is 18.0 Å². The van der Waals surface area contributed by atoms with Crippen LogP contribution in [0.4, 0.5) is 14.6 Å². The van der Waals surface area contributed by atoms with Crippen molar-refractivity contribution in [3.63, 3.8) is 0 Å². The van der Waals surface area contributed by atoms with Gasteiger partial charge in [0, 0.05) is 19.2 Å². The molecule has 0 fully saturated rings. The topological polar surface area (TPSA) is 54.0 Å². The van der Waals surface area contributed by atoms with Crippen molar-refractivity contribution in [1.82, 2.24) is 10.3 Å². The van der Waals surface area contributed by atoms with Gasteiger partial charge in [-0.05, 0) is 26.0 Å². The van der Waals surface area contributed by atoms with Gasteiger partial charge in [-0.3, -0.25) is 4.79 Å². The number of anilines is 1. The molecule has 1 aromatic rings. The predicted molar refractivity (Wildman–Crippen MR) is 83.4 cm³/mol. The van der Waals surface area contributed by atoms with Crippen molar-refractivity contribution in [3.05, 3.63) is 23.9 Å². The van der Waals surface area contributed by atoms with Crippen LogP contribution in [0.2, 0.25) is 0 Å². The average molecular weight is 330 g/mol. The fourth-order valence-corrected chi connectivity index (χ4v) is 1.68. The Kier molecular flexibility index (Phi) is 6.12. The molecular weight excluding hydrogens is 312 g/mol. The summed E-state index contributed by atoms with van der Waals surface area (Å²) < 4.78 is 26.2. The Bertz CT molecular complexity index is 570. The van der Waals surface area contributed by atoms with Crippen LogP contribution in [0.25, 0.3) is 0 Å². The Morgan fingerprint density at radius 3 is 2.77 bits per heavy atom. The second-order valence-electron chi connectivity index (χ2n) is 5.29. The van der Waals surface area contributed by atoms with Crippen molar-refractivity contribution in [2.45, 2.75) is 31.7 Å². The highest BCUT2D eigenvalue weighted by atomic mass is 35.5. The third kappa shape index (κ3) is 5.49. The number of nitrogens with one attached hydrogen (secondary N) is 2. The van der Waals surface area contributed by atoms with Crippen LogP contribution < -0.4 is 10.6 Å². The molecule has 0 saturated heterocycles. The minimum atomic E-state index is -2.96. The molecule has 1 aromatic heterocycles. The lowest BCUT2D eigenvalue weighted by atomic mass is 10.1. The van der Waals surface area contributed by atoms with Crippen molar-refractivity contribution in [2.24, 2.45) is 0 Å². The molecule has 7 heteroatoms. The minimum Gasteiger partial charge on any atom is -0.369 e. The number of aromatic nitrogens is 1. The molecule has 4 nitrogen and oxygen atoms in total. The van der Waals surface area contributed by atoms with Crippen LogP contribution in [0.5, 0.6) is 0 Å². The lowest BCUT2D eigenvalue weighted by Gasteiger charge is -2.20. The van der Waals surface area contributed by atoms with Crippen LogP contribution in [0.15, 0.2) is 18.3 Å². The van der Waals surface area contributed by atoms with Gasteiger partial charge in [-0.15, -0.1) is 18.0 Å². The van der Waals surface area contributed by atoms with E-state index in [0.29, 0.717) is 0 Å². The van der Waals surface area contributed by atoms with E-state index in [1.165, 1.54) is 12.3 Å². The fourth-order valence-electron chi connectivity index (χ4n) is 1.55. The molecule has 1 rings (SSSR count). The van der Waals surface area contributed by atoms with Crippen molar-refractivity contribution in [2.75, 3.05) is 17.7 Å². The molecular formula is C15H18ClF2N3O. The molecule has 1 heterocycles. The normalized spacial score (nSPS) is 11.6. The van der Waals surface area contributed by atoms with Gasteiger partial charge in [0.15, 0.2) is 0 Å². The molecule has 0 aliphatic heterocycles. The molecule has 0 aliphatic carbocycles. The Hall–Kier alpha value is -1.87. The van der Waals surface area contributed by atoms with E-state index in [2.05, 4.69) is 21.5 Å². The molecule has 0 atom stereocenters. The highest BCUT2D eigenvalue weighted by molar-refractivity contribution is 6.18. The average Bonchev–Trinajstić information content (AvgIpc) is 2.47. The van der Waals surface area contributed by atoms with Gasteiger partial charge in [0.05, 0.1) is 17.0 Å². The minimum absolute atomic E-state index is 0.0600. The van der Waals surface area contributed by atoms with Gasteiger partial charge in [0.25, 0.3) is 11.8 Å². The Balaban J connectivity index is 2.78. The number of nitrogens with zero attached hydrogens (tertiary/aromatic N) is 1. The summed E-state index contributed by atoms with van der Waals surface area (Å²) in [5.41, 5.74) is -0.587. The number of rotatable bonds is 7. The van der Waals surface area contributed by atoms with Gasteiger partial charge >= 0.3 is 0 Å². The van der Waals surface area contributed by atoms with Crippen LogP contribution in [0.1, 0.15) is 30.6 Å². The second-order valence-corrected chi connectivity index (χ2v) is 5.56. The molecule has 0 saturated carbocycles. The Morgan fingerprint density at radius 1 is 1.50 bits per heavy atom. The first-order chi connectivity index (χ1) is 10.2. The maximum atomic E-state index is 13.1. The molecule has 0 bridgehead atoms. The van der Waals surface area contributed by atoms with Crippen molar-refractivity contribution in [1.29, 1.82) is 0 Å². The van der Waals surface area contributed by atoms with Gasteiger partial charge in [0.2, 0.25) is 0 Å². The SMILES string of the molecule is C#CC(C)(C)NC(=O)c1cccnc1NCCC(F)(F)CCl. The van der Waals surface area contributed by atoms with E-state index in [9.17, 15) is 13.6 Å². The zero-order valence-electron chi connectivity index (χ0n) is 12.4. The summed E-state index contributed by atoms with van der Waals surface area (Å²) in [5, 5.41) is 5.38. The first-order valence-corrected chi connectivity index (χ1v) is 7.17. The number of terminal acetylenes is 1. The summed E-state index contributed by atoms with van der Waals surface area (Å²) in [7, 11) is 0. The maximum Gasteiger partial charge on any atom is 0.263 e. The number of pyridine rings is 1. The summed E-state index contributed by atoms with van der Waals surface area (Å²) in [6, 6.07) is 3.12. The van der Waals surface area contributed by atoms with E-state index in [-0.39, 0.29) is 17.9 Å². The molecule has 0 aromatic carbocycles. The van der Waals surface area contributed by atoms with Crippen LogP contribution in [-0.4, -0.2) is 34.8 Å². The summed E-state index contributed by atoms with van der Waals surface area (Å²) in [6.07, 6.45) is 6.33. The Morgan fingerprint density at radius 2 is 2.18 bits per heavy atom. The van der Waals surface area contributed by atoms with Crippen molar-refractivity contribution < 1.29 is 13.6 Å². The molecule has 1 amide bonds. The number of amides is 1. The van der Waals surface area contributed by atoms with E-state index >= 15 is 0 Å². The van der Waals surface area contributed by atoms with E-state index in [1.54, 1.807) is 19.9 Å². The summed E-state index contributed by atoms with van der Waals surface area (Å²) >= 11 is 5.17. The summed E-state index contributed by atoms with van der Waals surface area (Å²) in [5.74, 6) is -1.47. The van der Waals surface area contributed by atoms with Crippen molar-refractivity contribution in [3.8, 4) is 12.3 Å². The van der Waals surface area contributed by atoms with E-state index < -0.39 is 29.7 Å². The number of hydrogen-bond donors (Lipinski definition) is 2. The summed E-state index contributed by atoms with van der Waals surface area (Å²) in [4.78, 5) is 16.2. The number of halogens is 3. The van der Waals surface area contributed by atoms with Crippen LogP contribution in [0, 0.1) is 12.3 Å². The van der Waals surface area contributed by atoms with Crippen molar-refractivity contribution >= 4 is 23.3 Å². The molecule has 120 valence electrons. The lowest BCUT2D eigenvalue weighted by molar-refractivity contribution is 0.0205. The van der Waals surface area contributed by atoms with Gasteiger partial charge in [-0.25, -0.2) is 13.8 Å². The van der Waals surface area contributed by atoms with Gasteiger partial charge in [0.1, 0.15) is 5.82 Å². The van der Waals surface area contributed by atoms with Crippen LogP contribution in [-0.2, 0) is 0 Å². The first kappa shape index (κ1) is 18.2. The molecule has 0 unspecified atom stereocenters. The van der Waals surface area contributed by atoms with Crippen LogP contribution >= 0.6 is 11.6 Å². The maximum absolute atomic E-state index is 13.1. The first-order valence-electron chi connectivity index (χ1n) is 6.64. The third-order valence-electron chi connectivity index (χ3n) is 2.82. The fraction of sp³-hybridized carbons (Fsp3) is 0.467. The smallest absolute Gasteiger partial charge is 0.263 e. The predicted octanol–water partition coefficient (Wildman–Crippen LogP) is 2.90. The highest BCUT2D eigenvalue weighted by Crippen LogP contribution is 2.20. The number of hydrogen-bond acceptors (Lipinski definition) is 3. The number of alkyl halides is 3. The summed E-state index contributed by atoms with van der Waals surface area (Å²) in [6.45, 7) is 3.29. The molecule has 22 heavy (non-hydrogen) atoms. The largest absolute Gasteiger partial charge is 0.369 e. The highest BCUT2D eigenvalue weighted by Gasteiger charge is 2.27. The standard InChI is InChI=1S/C15H18ClF2N3O/c1-4-14(2,3)21-13(22)11-6-5-8-19-12(11)20-9-7-15(17,18)10-16/h1,5-6,8H,7,9-10H2,2-3H3,(H,19,20)(H,21,22). The lowest BCUT2D eigenvalue weighted by Crippen LogP contribution is -2.42. The monoisotopic (exact) mass is 329 g/mol. The molecule has 0 radical (unpaired) electrons. The van der Waals surface area contributed by atoms with Gasteiger partial charge in [-0.2, -0.15) is 0 Å². The van der Waals surface area contributed by atoms with E-state index in [1.807, 2.05) is 0 Å². The second kappa shape index (κ2) is 7.41. The van der Waals surface area contributed by atoms with Gasteiger partial charge in [-0.1, -0.05) is 5.92 Å². The molecule has 0 aliphatic rings. The number of carbonyl (C=O) groups excluding carboxylic acids is 1. The van der Waals surface area contributed by atoms with E-state index in [0.717, 1.165) is 0 Å². The quantitative estimate of drug-likeness (QED) is 0.597. The third-order valence-corrected chi connectivity index (χ3v) is 3.21. The Labute approximate surface area is 133 Å².